The quantitative estimate of drug-likeness (QED) is 0.719. The van der Waals surface area contributed by atoms with E-state index < -0.39 is 0 Å². The van der Waals surface area contributed by atoms with Crippen LogP contribution in [0.1, 0.15) is 11.1 Å². The molecule has 3 nitrogen and oxygen atoms in total. The molecule has 0 atom stereocenters. The third kappa shape index (κ3) is 3.11. The fourth-order valence-electron chi connectivity index (χ4n) is 3.03. The highest BCUT2D eigenvalue weighted by molar-refractivity contribution is 5.91. The first-order valence-electron chi connectivity index (χ1n) is 8.13. The van der Waals surface area contributed by atoms with E-state index in [-0.39, 0.29) is 0 Å². The second-order valence-electron chi connectivity index (χ2n) is 6.20. The van der Waals surface area contributed by atoms with Crippen molar-refractivity contribution in [2.75, 3.05) is 24.3 Å². The van der Waals surface area contributed by atoms with Gasteiger partial charge in [0.1, 0.15) is 5.82 Å². The number of hydrogen-bond donors (Lipinski definition) is 1. The third-order valence-corrected chi connectivity index (χ3v) is 4.18. The Labute approximate surface area is 144 Å². The van der Waals surface area contributed by atoms with Crippen molar-refractivity contribution in [1.82, 2.24) is 4.98 Å². The van der Waals surface area contributed by atoms with Crippen LogP contribution in [0, 0.1) is 13.8 Å². The lowest BCUT2D eigenvalue weighted by Crippen LogP contribution is -2.11. The first-order chi connectivity index (χ1) is 11.6. The zero-order valence-corrected chi connectivity index (χ0v) is 14.7. The third-order valence-electron chi connectivity index (χ3n) is 4.18. The molecule has 0 amide bonds. The lowest BCUT2D eigenvalue weighted by molar-refractivity contribution is 1.13. The largest absolute Gasteiger partial charge is 0.377 e. The van der Waals surface area contributed by atoms with E-state index in [9.17, 15) is 0 Å². The van der Waals surface area contributed by atoms with Gasteiger partial charge in [-0.25, -0.2) is 4.98 Å². The zero-order valence-electron chi connectivity index (χ0n) is 14.7. The Kier molecular flexibility index (Phi) is 4.52. The van der Waals surface area contributed by atoms with Crippen LogP contribution in [0.4, 0.5) is 17.2 Å². The van der Waals surface area contributed by atoms with Crippen LogP contribution in [0.15, 0.2) is 60.8 Å². The summed E-state index contributed by atoms with van der Waals surface area (Å²) in [6.07, 6.45) is 1.80. The maximum Gasteiger partial charge on any atom is 0.130 e. The highest BCUT2D eigenvalue weighted by Crippen LogP contribution is 2.40. The number of pyridine rings is 1. The van der Waals surface area contributed by atoms with Gasteiger partial charge in [0.25, 0.3) is 0 Å². The summed E-state index contributed by atoms with van der Waals surface area (Å²) in [6.45, 7) is 4.32. The van der Waals surface area contributed by atoms with E-state index in [4.69, 9.17) is 0 Å². The van der Waals surface area contributed by atoms with Crippen molar-refractivity contribution < 1.29 is 0 Å². The SMILES string of the molecule is Cc1cccc(Nc2ccccn2)c1-c1c(C)cccc1N(C)C. The van der Waals surface area contributed by atoms with E-state index in [0.717, 1.165) is 11.5 Å². The topological polar surface area (TPSA) is 28.2 Å². The number of nitrogens with zero attached hydrogens (tertiary/aromatic N) is 2. The predicted molar refractivity (Wildman–Crippen MR) is 103 cm³/mol. The molecule has 1 N–H and O–H groups in total. The van der Waals surface area contributed by atoms with Crippen molar-refractivity contribution in [2.24, 2.45) is 0 Å². The molecule has 0 saturated carbocycles. The number of benzene rings is 2. The molecule has 0 aliphatic rings. The summed E-state index contributed by atoms with van der Waals surface area (Å²) in [5, 5.41) is 3.48. The Morgan fingerprint density at radius 2 is 1.50 bits per heavy atom. The minimum atomic E-state index is 0.851. The number of aryl methyl sites for hydroxylation is 2. The Morgan fingerprint density at radius 3 is 2.17 bits per heavy atom. The fraction of sp³-hybridized carbons (Fsp3) is 0.190. The first-order valence-corrected chi connectivity index (χ1v) is 8.13. The molecule has 1 aromatic heterocycles. The molecule has 0 spiro atoms. The highest BCUT2D eigenvalue weighted by atomic mass is 15.1. The van der Waals surface area contributed by atoms with Gasteiger partial charge in [0.15, 0.2) is 0 Å². The number of nitrogens with one attached hydrogen (secondary N) is 1. The molecule has 24 heavy (non-hydrogen) atoms. The second kappa shape index (κ2) is 6.75. The smallest absolute Gasteiger partial charge is 0.130 e. The van der Waals surface area contributed by atoms with Gasteiger partial charge < -0.3 is 10.2 Å². The van der Waals surface area contributed by atoms with E-state index in [1.165, 1.54) is 27.9 Å². The zero-order chi connectivity index (χ0) is 17.1. The molecule has 0 unspecified atom stereocenters. The normalized spacial score (nSPS) is 10.5. The maximum absolute atomic E-state index is 4.40. The summed E-state index contributed by atoms with van der Waals surface area (Å²) >= 11 is 0. The van der Waals surface area contributed by atoms with Gasteiger partial charge in [-0.05, 0) is 49.2 Å². The molecule has 2 aromatic carbocycles. The molecule has 0 aliphatic carbocycles. The molecule has 0 fully saturated rings. The summed E-state index contributed by atoms with van der Waals surface area (Å²) < 4.78 is 0. The Hall–Kier alpha value is -2.81. The number of aromatic nitrogens is 1. The average molecular weight is 317 g/mol. The lowest BCUT2D eigenvalue weighted by atomic mass is 9.93. The van der Waals surface area contributed by atoms with E-state index in [2.05, 4.69) is 79.5 Å². The van der Waals surface area contributed by atoms with Crippen LogP contribution in [0.25, 0.3) is 11.1 Å². The molecule has 3 rings (SSSR count). The van der Waals surface area contributed by atoms with Crippen LogP contribution in [-0.2, 0) is 0 Å². The predicted octanol–water partition coefficient (Wildman–Crippen LogP) is 5.18. The fourth-order valence-corrected chi connectivity index (χ4v) is 3.03. The lowest BCUT2D eigenvalue weighted by Gasteiger charge is -2.23. The highest BCUT2D eigenvalue weighted by Gasteiger charge is 2.16. The van der Waals surface area contributed by atoms with Crippen LogP contribution in [-0.4, -0.2) is 19.1 Å². The summed E-state index contributed by atoms with van der Waals surface area (Å²) in [5.41, 5.74) is 7.29. The van der Waals surface area contributed by atoms with Gasteiger partial charge >= 0.3 is 0 Å². The summed E-state index contributed by atoms with van der Waals surface area (Å²) in [5.74, 6) is 0.851. The van der Waals surface area contributed by atoms with Crippen molar-refractivity contribution >= 4 is 17.2 Å². The van der Waals surface area contributed by atoms with Crippen molar-refractivity contribution in [2.45, 2.75) is 13.8 Å². The molecular weight excluding hydrogens is 294 g/mol. The van der Waals surface area contributed by atoms with Gasteiger partial charge in [-0.15, -0.1) is 0 Å². The van der Waals surface area contributed by atoms with Gasteiger partial charge in [0.2, 0.25) is 0 Å². The van der Waals surface area contributed by atoms with Gasteiger partial charge in [-0.2, -0.15) is 0 Å². The van der Waals surface area contributed by atoms with Gasteiger partial charge in [-0.1, -0.05) is 30.3 Å². The number of anilines is 3. The van der Waals surface area contributed by atoms with Crippen molar-refractivity contribution in [3.8, 4) is 11.1 Å². The monoisotopic (exact) mass is 317 g/mol. The van der Waals surface area contributed by atoms with Crippen molar-refractivity contribution in [3.05, 3.63) is 71.9 Å². The second-order valence-corrected chi connectivity index (χ2v) is 6.20. The van der Waals surface area contributed by atoms with Gasteiger partial charge in [0, 0.05) is 42.8 Å². The van der Waals surface area contributed by atoms with Crippen LogP contribution in [0.2, 0.25) is 0 Å². The van der Waals surface area contributed by atoms with E-state index in [1.807, 2.05) is 18.2 Å². The van der Waals surface area contributed by atoms with E-state index in [1.54, 1.807) is 6.20 Å². The Morgan fingerprint density at radius 1 is 0.792 bits per heavy atom. The minimum Gasteiger partial charge on any atom is -0.377 e. The minimum absolute atomic E-state index is 0.851. The summed E-state index contributed by atoms with van der Waals surface area (Å²) in [7, 11) is 4.17. The van der Waals surface area contributed by atoms with Crippen LogP contribution < -0.4 is 10.2 Å². The molecule has 122 valence electrons. The average Bonchev–Trinajstić information content (AvgIpc) is 2.56. The van der Waals surface area contributed by atoms with Crippen molar-refractivity contribution in [1.29, 1.82) is 0 Å². The van der Waals surface area contributed by atoms with Crippen molar-refractivity contribution in [3.63, 3.8) is 0 Å². The maximum atomic E-state index is 4.40. The first kappa shape index (κ1) is 16.1. The molecule has 0 bridgehead atoms. The molecule has 0 saturated heterocycles. The number of rotatable bonds is 4. The standard InChI is InChI=1S/C21H23N3/c1-15-9-7-11-17(23-19-13-5-6-14-22-19)20(15)21-16(2)10-8-12-18(21)24(3)4/h5-14H,1-4H3,(H,22,23). The van der Waals surface area contributed by atoms with Gasteiger partial charge in [-0.3, -0.25) is 0 Å². The van der Waals surface area contributed by atoms with Gasteiger partial charge in [0.05, 0.1) is 0 Å². The Balaban J connectivity index is 2.19. The van der Waals surface area contributed by atoms with E-state index >= 15 is 0 Å². The molecule has 0 radical (unpaired) electrons. The molecule has 1 heterocycles. The Bertz CT molecular complexity index is 839. The molecule has 3 aromatic rings. The number of hydrogen-bond acceptors (Lipinski definition) is 3. The van der Waals surface area contributed by atoms with Crippen LogP contribution >= 0.6 is 0 Å². The molecule has 0 aliphatic heterocycles. The molecular formula is C21H23N3. The molecule has 3 heteroatoms. The summed E-state index contributed by atoms with van der Waals surface area (Å²) in [6, 6.07) is 18.7. The summed E-state index contributed by atoms with van der Waals surface area (Å²) in [4.78, 5) is 6.56. The van der Waals surface area contributed by atoms with E-state index in [0.29, 0.717) is 0 Å². The van der Waals surface area contributed by atoms with Crippen LogP contribution in [0.5, 0.6) is 0 Å². The van der Waals surface area contributed by atoms with Crippen LogP contribution in [0.3, 0.4) is 0 Å².